The van der Waals surface area contributed by atoms with E-state index in [9.17, 15) is 4.79 Å². The monoisotopic (exact) mass is 172 g/mol. The maximum Gasteiger partial charge on any atom is 0.404 e. The van der Waals surface area contributed by atoms with Crippen molar-refractivity contribution in [2.24, 2.45) is 0 Å². The second-order valence-corrected chi connectivity index (χ2v) is 2.09. The Morgan fingerprint density at radius 2 is 2.27 bits per heavy atom. The fraction of sp³-hybridized carbons (Fsp3) is 0.125. The first kappa shape index (κ1) is 9.98. The molecule has 0 unspecified atom stereocenters. The predicted octanol–water partition coefficient (Wildman–Crippen LogP) is 2.66. The van der Waals surface area contributed by atoms with Crippen LogP contribution in [0.25, 0.3) is 0 Å². The lowest BCUT2D eigenvalue weighted by Gasteiger charge is -1.97. The Balaban J connectivity index is 3.61. The van der Waals surface area contributed by atoms with Crippen LogP contribution in [0, 0.1) is 0 Å². The van der Waals surface area contributed by atoms with E-state index >= 15 is 0 Å². The standard InChI is InChI=1S/C8H9ClO2/c1-3-4-5-7(2)6-11-8(9)10/h3-5H,1-2,6H2/b5-4-. The Labute approximate surface area is 70.8 Å². The van der Waals surface area contributed by atoms with Crippen LogP contribution in [-0.2, 0) is 4.74 Å². The van der Waals surface area contributed by atoms with Gasteiger partial charge in [0, 0.05) is 11.6 Å². The molecule has 60 valence electrons. The van der Waals surface area contributed by atoms with E-state index in [0.717, 1.165) is 0 Å². The highest BCUT2D eigenvalue weighted by Gasteiger charge is 1.94. The van der Waals surface area contributed by atoms with Gasteiger partial charge in [-0.25, -0.2) is 4.79 Å². The van der Waals surface area contributed by atoms with E-state index in [1.54, 1.807) is 18.2 Å². The average molecular weight is 173 g/mol. The molecule has 2 nitrogen and oxygen atoms in total. The summed E-state index contributed by atoms with van der Waals surface area (Å²) < 4.78 is 4.44. The molecule has 0 rings (SSSR count). The Kier molecular flexibility index (Phi) is 5.21. The number of allylic oxidation sites excluding steroid dienone is 2. The van der Waals surface area contributed by atoms with Gasteiger partial charge in [-0.1, -0.05) is 31.4 Å². The second kappa shape index (κ2) is 5.74. The first-order valence-electron chi connectivity index (χ1n) is 2.96. The lowest BCUT2D eigenvalue weighted by molar-refractivity contribution is 0.184. The Bertz CT molecular complexity index is 194. The molecule has 0 aromatic heterocycles. The summed E-state index contributed by atoms with van der Waals surface area (Å²) in [5.74, 6) is 0. The number of carbonyl (C=O) groups excluding carboxylic acids is 1. The fourth-order valence-electron chi connectivity index (χ4n) is 0.402. The molecule has 0 heterocycles. The summed E-state index contributed by atoms with van der Waals surface area (Å²) in [6.45, 7) is 7.18. The van der Waals surface area contributed by atoms with Crippen LogP contribution in [0.1, 0.15) is 0 Å². The molecular formula is C8H9ClO2. The van der Waals surface area contributed by atoms with Crippen molar-refractivity contribution in [2.45, 2.75) is 0 Å². The molecule has 0 radical (unpaired) electrons. The molecule has 0 amide bonds. The van der Waals surface area contributed by atoms with Crippen molar-refractivity contribution in [2.75, 3.05) is 6.61 Å². The van der Waals surface area contributed by atoms with Gasteiger partial charge in [-0.05, 0) is 5.57 Å². The molecular weight excluding hydrogens is 164 g/mol. The van der Waals surface area contributed by atoms with Crippen LogP contribution in [0.3, 0.4) is 0 Å². The quantitative estimate of drug-likeness (QED) is 0.482. The minimum Gasteiger partial charge on any atom is -0.449 e. The van der Waals surface area contributed by atoms with Gasteiger partial charge in [0.05, 0.1) is 0 Å². The van der Waals surface area contributed by atoms with Crippen molar-refractivity contribution < 1.29 is 9.53 Å². The number of carbonyl (C=O) groups is 1. The first-order valence-corrected chi connectivity index (χ1v) is 3.33. The van der Waals surface area contributed by atoms with Crippen molar-refractivity contribution >= 4 is 17.0 Å². The van der Waals surface area contributed by atoms with Crippen LogP contribution < -0.4 is 0 Å². The third-order valence-corrected chi connectivity index (χ3v) is 0.948. The summed E-state index contributed by atoms with van der Waals surface area (Å²) in [6, 6.07) is 0. The summed E-state index contributed by atoms with van der Waals surface area (Å²) in [5.41, 5.74) is -0.156. The predicted molar refractivity (Wildman–Crippen MR) is 45.7 cm³/mol. The molecule has 0 aliphatic heterocycles. The molecule has 0 saturated heterocycles. The number of rotatable bonds is 4. The van der Waals surface area contributed by atoms with Crippen LogP contribution in [0.2, 0.25) is 0 Å². The van der Waals surface area contributed by atoms with Crippen LogP contribution in [-0.4, -0.2) is 12.0 Å². The van der Waals surface area contributed by atoms with Crippen LogP contribution in [0.15, 0.2) is 37.0 Å². The maximum absolute atomic E-state index is 10.1. The van der Waals surface area contributed by atoms with Gasteiger partial charge in [-0.15, -0.1) is 0 Å². The van der Waals surface area contributed by atoms with Crippen molar-refractivity contribution in [1.82, 2.24) is 0 Å². The average Bonchev–Trinajstić information content (AvgIpc) is 1.97. The van der Waals surface area contributed by atoms with Crippen molar-refractivity contribution in [3.8, 4) is 0 Å². The van der Waals surface area contributed by atoms with Gasteiger partial charge in [0.2, 0.25) is 0 Å². The zero-order valence-corrected chi connectivity index (χ0v) is 6.80. The lowest BCUT2D eigenvalue weighted by atomic mass is 10.3. The Morgan fingerprint density at radius 3 is 2.73 bits per heavy atom. The zero-order valence-electron chi connectivity index (χ0n) is 6.05. The molecule has 3 heteroatoms. The van der Waals surface area contributed by atoms with E-state index in [-0.39, 0.29) is 6.61 Å². The van der Waals surface area contributed by atoms with Crippen LogP contribution in [0.4, 0.5) is 4.79 Å². The highest BCUT2D eigenvalue weighted by atomic mass is 35.5. The van der Waals surface area contributed by atoms with Gasteiger partial charge in [0.15, 0.2) is 0 Å². The first-order chi connectivity index (χ1) is 5.16. The SMILES string of the molecule is C=C/C=C\C(=C)COC(=O)Cl. The second-order valence-electron chi connectivity index (χ2n) is 1.78. The molecule has 0 aromatic carbocycles. The van der Waals surface area contributed by atoms with E-state index < -0.39 is 5.43 Å². The van der Waals surface area contributed by atoms with E-state index in [1.807, 2.05) is 0 Å². The number of ether oxygens (including phenoxy) is 1. The Morgan fingerprint density at radius 1 is 1.64 bits per heavy atom. The number of hydrogen-bond acceptors (Lipinski definition) is 2. The van der Waals surface area contributed by atoms with E-state index in [2.05, 4.69) is 17.9 Å². The summed E-state index contributed by atoms with van der Waals surface area (Å²) >= 11 is 4.91. The summed E-state index contributed by atoms with van der Waals surface area (Å²) in [4.78, 5) is 10.1. The van der Waals surface area contributed by atoms with E-state index in [4.69, 9.17) is 11.6 Å². The third kappa shape index (κ3) is 6.87. The molecule has 0 N–H and O–H groups in total. The fourth-order valence-corrected chi connectivity index (χ4v) is 0.456. The topological polar surface area (TPSA) is 26.3 Å². The molecule has 0 saturated carbocycles. The molecule has 0 aromatic rings. The molecule has 0 atom stereocenters. The van der Waals surface area contributed by atoms with Gasteiger partial charge in [0.1, 0.15) is 6.61 Å². The molecule has 0 spiro atoms. The van der Waals surface area contributed by atoms with Crippen molar-refractivity contribution in [3.05, 3.63) is 37.0 Å². The zero-order chi connectivity index (χ0) is 8.69. The number of halogens is 1. The van der Waals surface area contributed by atoms with E-state index in [1.165, 1.54) is 0 Å². The van der Waals surface area contributed by atoms with Gasteiger partial charge < -0.3 is 4.74 Å². The van der Waals surface area contributed by atoms with Crippen LogP contribution >= 0.6 is 11.6 Å². The largest absolute Gasteiger partial charge is 0.449 e. The smallest absolute Gasteiger partial charge is 0.404 e. The summed E-state index contributed by atoms with van der Waals surface area (Å²) in [6.07, 6.45) is 4.99. The van der Waals surface area contributed by atoms with Gasteiger partial charge in [-0.2, -0.15) is 0 Å². The summed E-state index contributed by atoms with van der Waals surface area (Å²) in [5, 5.41) is 0. The van der Waals surface area contributed by atoms with Crippen LogP contribution in [0.5, 0.6) is 0 Å². The van der Waals surface area contributed by atoms with Gasteiger partial charge in [-0.3, -0.25) is 0 Å². The van der Waals surface area contributed by atoms with Gasteiger partial charge in [0.25, 0.3) is 0 Å². The molecule has 0 bridgehead atoms. The van der Waals surface area contributed by atoms with Crippen molar-refractivity contribution in [3.63, 3.8) is 0 Å². The minimum absolute atomic E-state index is 0.118. The summed E-state index contributed by atoms with van der Waals surface area (Å²) in [7, 11) is 0. The highest BCUT2D eigenvalue weighted by Crippen LogP contribution is 1.96. The molecule has 0 fully saturated rings. The number of hydrogen-bond donors (Lipinski definition) is 0. The van der Waals surface area contributed by atoms with Crippen molar-refractivity contribution in [1.29, 1.82) is 0 Å². The van der Waals surface area contributed by atoms with E-state index in [0.29, 0.717) is 5.57 Å². The maximum atomic E-state index is 10.1. The normalized spacial score (nSPS) is 9.55. The third-order valence-electron chi connectivity index (χ3n) is 0.839. The highest BCUT2D eigenvalue weighted by molar-refractivity contribution is 6.61. The molecule has 0 aliphatic carbocycles. The Hall–Kier alpha value is -1.02. The molecule has 0 aliphatic rings. The van der Waals surface area contributed by atoms with Gasteiger partial charge >= 0.3 is 5.43 Å². The molecule has 11 heavy (non-hydrogen) atoms. The lowest BCUT2D eigenvalue weighted by Crippen LogP contribution is -1.96. The minimum atomic E-state index is -0.821.